The molecule has 0 bridgehead atoms. The molecule has 0 amide bonds. The van der Waals surface area contributed by atoms with Crippen molar-refractivity contribution in [2.75, 3.05) is 6.61 Å². The molecule has 0 atom stereocenters. The first-order valence-corrected chi connectivity index (χ1v) is 8.70. The molecule has 0 saturated carbocycles. The van der Waals surface area contributed by atoms with Gasteiger partial charge in [-0.1, -0.05) is 52.3 Å². The van der Waals surface area contributed by atoms with Crippen LogP contribution in [0.3, 0.4) is 0 Å². The van der Waals surface area contributed by atoms with E-state index in [2.05, 4.69) is 15.9 Å². The molecule has 3 aromatic carbocycles. The predicted octanol–water partition coefficient (Wildman–Crippen LogP) is 5.28. The van der Waals surface area contributed by atoms with E-state index >= 15 is 0 Å². The second-order valence-corrected chi connectivity index (χ2v) is 6.37. The highest BCUT2D eigenvalue weighted by atomic mass is 79.9. The largest absolute Gasteiger partial charge is 0.457 e. The summed E-state index contributed by atoms with van der Waals surface area (Å²) in [5.41, 5.74) is 0.800. The lowest BCUT2D eigenvalue weighted by molar-refractivity contribution is 0.0474. The molecular formula is C21H15BrO4. The number of ether oxygens (including phenoxy) is 2. The Hall–Kier alpha value is -2.92. The van der Waals surface area contributed by atoms with Crippen LogP contribution in [0, 0.1) is 0 Å². The lowest BCUT2D eigenvalue weighted by atomic mass is 10.1. The first kappa shape index (κ1) is 17.9. The third kappa shape index (κ3) is 4.80. The van der Waals surface area contributed by atoms with Gasteiger partial charge < -0.3 is 9.47 Å². The van der Waals surface area contributed by atoms with Gasteiger partial charge >= 0.3 is 5.97 Å². The van der Waals surface area contributed by atoms with Crippen LogP contribution in [-0.2, 0) is 4.74 Å². The van der Waals surface area contributed by atoms with Crippen molar-refractivity contribution in [3.05, 3.63) is 94.5 Å². The number of halogens is 1. The Morgan fingerprint density at radius 2 is 1.46 bits per heavy atom. The highest BCUT2D eigenvalue weighted by Gasteiger charge is 2.13. The minimum absolute atomic E-state index is 0.267. The van der Waals surface area contributed by atoms with Crippen molar-refractivity contribution in [2.45, 2.75) is 0 Å². The number of para-hydroxylation sites is 1. The molecule has 5 heteroatoms. The molecule has 0 fully saturated rings. The molecule has 4 nitrogen and oxygen atoms in total. The molecule has 130 valence electrons. The number of esters is 1. The summed E-state index contributed by atoms with van der Waals surface area (Å²) in [6.07, 6.45) is 0. The van der Waals surface area contributed by atoms with E-state index in [-0.39, 0.29) is 12.4 Å². The highest BCUT2D eigenvalue weighted by Crippen LogP contribution is 2.22. The first-order chi connectivity index (χ1) is 12.6. The van der Waals surface area contributed by atoms with Crippen LogP contribution in [0.2, 0.25) is 0 Å². The molecule has 0 N–H and O–H groups in total. The normalized spacial score (nSPS) is 10.2. The van der Waals surface area contributed by atoms with Crippen molar-refractivity contribution in [3.63, 3.8) is 0 Å². The van der Waals surface area contributed by atoms with Crippen LogP contribution in [0.4, 0.5) is 0 Å². The third-order valence-electron chi connectivity index (χ3n) is 3.53. The van der Waals surface area contributed by atoms with Gasteiger partial charge in [-0.2, -0.15) is 0 Å². The Balaban J connectivity index is 1.63. The maximum absolute atomic E-state index is 12.2. The van der Waals surface area contributed by atoms with Crippen LogP contribution in [0.5, 0.6) is 11.5 Å². The summed E-state index contributed by atoms with van der Waals surface area (Å²) in [5, 5.41) is 0. The zero-order chi connectivity index (χ0) is 18.4. The standard InChI is InChI=1S/C21H15BrO4/c22-17-8-4-6-15(12-17)20(23)14-25-21(24)16-7-5-11-19(13-16)26-18-9-2-1-3-10-18/h1-13H,14H2. The van der Waals surface area contributed by atoms with Gasteiger partial charge in [-0.15, -0.1) is 0 Å². The monoisotopic (exact) mass is 410 g/mol. The number of ketones is 1. The van der Waals surface area contributed by atoms with Crippen LogP contribution in [0.15, 0.2) is 83.3 Å². The second-order valence-electron chi connectivity index (χ2n) is 5.45. The predicted molar refractivity (Wildman–Crippen MR) is 102 cm³/mol. The summed E-state index contributed by atoms with van der Waals surface area (Å²) in [6, 6.07) is 22.8. The minimum atomic E-state index is -0.577. The van der Waals surface area contributed by atoms with Crippen LogP contribution in [-0.4, -0.2) is 18.4 Å². The van der Waals surface area contributed by atoms with Crippen LogP contribution in [0.1, 0.15) is 20.7 Å². The van der Waals surface area contributed by atoms with Gasteiger partial charge in [0.25, 0.3) is 0 Å². The fourth-order valence-electron chi connectivity index (χ4n) is 2.27. The van der Waals surface area contributed by atoms with Crippen molar-refractivity contribution in [2.24, 2.45) is 0 Å². The SMILES string of the molecule is O=C(COC(=O)c1cccc(Oc2ccccc2)c1)c1cccc(Br)c1. The molecule has 0 spiro atoms. The second kappa shape index (κ2) is 8.45. The summed E-state index contributed by atoms with van der Waals surface area (Å²) < 4.78 is 11.6. The van der Waals surface area contributed by atoms with Gasteiger partial charge in [0.2, 0.25) is 0 Å². The topological polar surface area (TPSA) is 52.6 Å². The van der Waals surface area contributed by atoms with Crippen molar-refractivity contribution >= 4 is 27.7 Å². The van der Waals surface area contributed by atoms with Gasteiger partial charge in [-0.05, 0) is 42.5 Å². The molecular weight excluding hydrogens is 396 g/mol. The molecule has 0 saturated heterocycles. The fourth-order valence-corrected chi connectivity index (χ4v) is 2.67. The molecule has 0 aliphatic carbocycles. The number of rotatable bonds is 6. The molecule has 0 radical (unpaired) electrons. The Kier molecular flexibility index (Phi) is 5.81. The van der Waals surface area contributed by atoms with Crippen LogP contribution >= 0.6 is 15.9 Å². The van der Waals surface area contributed by atoms with E-state index in [0.717, 1.165) is 4.47 Å². The van der Waals surface area contributed by atoms with E-state index in [1.807, 2.05) is 36.4 Å². The maximum atomic E-state index is 12.2. The Morgan fingerprint density at radius 1 is 0.769 bits per heavy atom. The highest BCUT2D eigenvalue weighted by molar-refractivity contribution is 9.10. The zero-order valence-corrected chi connectivity index (χ0v) is 15.3. The lowest BCUT2D eigenvalue weighted by Gasteiger charge is -2.08. The Bertz CT molecular complexity index is 922. The van der Waals surface area contributed by atoms with Crippen LogP contribution in [0.25, 0.3) is 0 Å². The van der Waals surface area contributed by atoms with E-state index < -0.39 is 5.97 Å². The molecule has 3 aromatic rings. The van der Waals surface area contributed by atoms with Crippen molar-refractivity contribution in [1.29, 1.82) is 0 Å². The lowest BCUT2D eigenvalue weighted by Crippen LogP contribution is -2.14. The third-order valence-corrected chi connectivity index (χ3v) is 4.02. The van der Waals surface area contributed by atoms with E-state index in [1.165, 1.54) is 0 Å². The number of benzene rings is 3. The van der Waals surface area contributed by atoms with E-state index in [0.29, 0.717) is 22.6 Å². The van der Waals surface area contributed by atoms with Gasteiger partial charge in [-0.3, -0.25) is 4.79 Å². The summed E-state index contributed by atoms with van der Waals surface area (Å²) in [4.78, 5) is 24.3. The molecule has 0 aromatic heterocycles. The van der Waals surface area contributed by atoms with Gasteiger partial charge in [0.1, 0.15) is 11.5 Å². The molecule has 0 aliphatic heterocycles. The van der Waals surface area contributed by atoms with Crippen molar-refractivity contribution in [3.8, 4) is 11.5 Å². The zero-order valence-electron chi connectivity index (χ0n) is 13.7. The van der Waals surface area contributed by atoms with Gasteiger partial charge in [0.05, 0.1) is 5.56 Å². The molecule has 0 heterocycles. The van der Waals surface area contributed by atoms with E-state index in [1.54, 1.807) is 42.5 Å². The van der Waals surface area contributed by atoms with Crippen molar-refractivity contribution in [1.82, 2.24) is 0 Å². The number of Topliss-reactive ketones (excluding diaryl/α,β-unsaturated/α-hetero) is 1. The number of hydrogen-bond acceptors (Lipinski definition) is 4. The molecule has 0 aliphatic rings. The van der Waals surface area contributed by atoms with Crippen molar-refractivity contribution < 1.29 is 19.1 Å². The average molecular weight is 411 g/mol. The summed E-state index contributed by atoms with van der Waals surface area (Å²) >= 11 is 3.31. The average Bonchev–Trinajstić information content (AvgIpc) is 2.67. The number of hydrogen-bond donors (Lipinski definition) is 0. The molecule has 0 unspecified atom stereocenters. The van der Waals surface area contributed by atoms with E-state index in [9.17, 15) is 9.59 Å². The molecule has 26 heavy (non-hydrogen) atoms. The van der Waals surface area contributed by atoms with E-state index in [4.69, 9.17) is 9.47 Å². The fraction of sp³-hybridized carbons (Fsp3) is 0.0476. The van der Waals surface area contributed by atoms with Gasteiger partial charge in [0.15, 0.2) is 12.4 Å². The Labute approximate surface area is 159 Å². The summed E-state index contributed by atoms with van der Waals surface area (Å²) in [6.45, 7) is -0.320. The summed E-state index contributed by atoms with van der Waals surface area (Å²) in [7, 11) is 0. The minimum Gasteiger partial charge on any atom is -0.457 e. The molecule has 3 rings (SSSR count). The number of carbonyl (C=O) groups is 2. The smallest absolute Gasteiger partial charge is 0.338 e. The Morgan fingerprint density at radius 3 is 2.23 bits per heavy atom. The maximum Gasteiger partial charge on any atom is 0.338 e. The van der Waals surface area contributed by atoms with Gasteiger partial charge in [-0.25, -0.2) is 4.79 Å². The van der Waals surface area contributed by atoms with Gasteiger partial charge in [0, 0.05) is 10.0 Å². The number of carbonyl (C=O) groups excluding carboxylic acids is 2. The summed E-state index contributed by atoms with van der Waals surface area (Å²) in [5.74, 6) is 0.343. The first-order valence-electron chi connectivity index (χ1n) is 7.91. The van der Waals surface area contributed by atoms with Crippen LogP contribution < -0.4 is 4.74 Å². The quantitative estimate of drug-likeness (QED) is 0.409.